The minimum Gasteiger partial charge on any atom is -0.462 e. The van der Waals surface area contributed by atoms with Crippen molar-refractivity contribution in [3.63, 3.8) is 0 Å². The number of ether oxygens (including phenoxy) is 3. The zero-order valence-corrected chi connectivity index (χ0v) is 35.9. The average Bonchev–Trinajstić information content (AvgIpc) is 3.18. The zero-order chi connectivity index (χ0) is 40.1. The van der Waals surface area contributed by atoms with Crippen LogP contribution in [0.25, 0.3) is 0 Å². The summed E-state index contributed by atoms with van der Waals surface area (Å²) in [5.74, 6) is -0.924. The summed E-state index contributed by atoms with van der Waals surface area (Å²) in [6.07, 6.45) is 52.1. The number of allylic oxidation sites excluding steroid dienone is 10. The van der Waals surface area contributed by atoms with Crippen molar-refractivity contribution >= 4 is 17.9 Å². The lowest BCUT2D eigenvalue weighted by molar-refractivity contribution is -0.167. The fraction of sp³-hybridized carbons (Fsp3) is 0.735. The number of hydrogen-bond donors (Lipinski definition) is 0. The van der Waals surface area contributed by atoms with Gasteiger partial charge in [-0.25, -0.2) is 0 Å². The minimum atomic E-state index is -0.780. The first-order valence-electron chi connectivity index (χ1n) is 22.8. The van der Waals surface area contributed by atoms with E-state index in [1.165, 1.54) is 77.0 Å². The summed E-state index contributed by atoms with van der Waals surface area (Å²) in [6.45, 7) is 6.44. The maximum atomic E-state index is 12.6. The van der Waals surface area contributed by atoms with Crippen molar-refractivity contribution < 1.29 is 28.6 Å². The van der Waals surface area contributed by atoms with E-state index >= 15 is 0 Å². The maximum Gasteiger partial charge on any atom is 0.306 e. The third kappa shape index (κ3) is 42.1. The Hall–Kier alpha value is -2.89. The smallest absolute Gasteiger partial charge is 0.306 e. The molecule has 0 spiro atoms. The number of carbonyl (C=O) groups is 3. The van der Waals surface area contributed by atoms with Crippen molar-refractivity contribution in [3.8, 4) is 0 Å². The van der Waals surface area contributed by atoms with Crippen molar-refractivity contribution in [2.75, 3.05) is 13.2 Å². The predicted octanol–water partition coefficient (Wildman–Crippen LogP) is 14.5. The zero-order valence-electron chi connectivity index (χ0n) is 35.9. The van der Waals surface area contributed by atoms with E-state index < -0.39 is 6.10 Å². The molecule has 0 aromatic rings. The van der Waals surface area contributed by atoms with Crippen LogP contribution in [-0.4, -0.2) is 37.2 Å². The van der Waals surface area contributed by atoms with Gasteiger partial charge in [-0.2, -0.15) is 0 Å². The van der Waals surface area contributed by atoms with Crippen LogP contribution < -0.4 is 0 Å². The Morgan fingerprint density at radius 2 is 0.709 bits per heavy atom. The van der Waals surface area contributed by atoms with Crippen LogP contribution in [0, 0.1) is 0 Å². The molecule has 0 N–H and O–H groups in total. The molecule has 0 amide bonds. The molecule has 0 fully saturated rings. The van der Waals surface area contributed by atoms with Crippen molar-refractivity contribution in [3.05, 3.63) is 60.8 Å². The fourth-order valence-corrected chi connectivity index (χ4v) is 6.11. The summed E-state index contributed by atoms with van der Waals surface area (Å²) >= 11 is 0. The Labute approximate surface area is 339 Å². The van der Waals surface area contributed by atoms with Crippen molar-refractivity contribution in [1.82, 2.24) is 0 Å². The molecule has 1 unspecified atom stereocenters. The number of carbonyl (C=O) groups excluding carboxylic acids is 3. The van der Waals surface area contributed by atoms with E-state index in [9.17, 15) is 14.4 Å². The van der Waals surface area contributed by atoms with Gasteiger partial charge in [0.15, 0.2) is 6.10 Å². The number of hydrogen-bond acceptors (Lipinski definition) is 6. The molecular formula is C49H84O6. The average molecular weight is 769 g/mol. The monoisotopic (exact) mass is 769 g/mol. The standard InChI is InChI=1S/C49H84O6/c1-4-7-10-13-16-19-20-21-22-23-24-25-26-27-28-31-33-36-39-42-48(51)54-45-46(55-49(52)43-40-37-34-30-18-15-12-9-6-3)44-53-47(50)41-38-35-32-29-17-14-11-8-5-2/h7,10,16,19,21-22,24-25,27-28,46H,4-6,8-9,11-15,17-18,20,23,26,29-45H2,1-3H3/b10-7-,19-16-,22-21-,25-24-,28-27-. The third-order valence-electron chi connectivity index (χ3n) is 9.54. The van der Waals surface area contributed by atoms with Gasteiger partial charge in [0.1, 0.15) is 13.2 Å². The highest BCUT2D eigenvalue weighted by molar-refractivity contribution is 5.71. The summed E-state index contributed by atoms with van der Waals surface area (Å²) in [7, 11) is 0. The third-order valence-corrected chi connectivity index (χ3v) is 9.54. The van der Waals surface area contributed by atoms with E-state index in [1.54, 1.807) is 0 Å². The quantitative estimate of drug-likeness (QED) is 0.0267. The number of rotatable bonds is 40. The van der Waals surface area contributed by atoms with E-state index in [-0.39, 0.29) is 31.1 Å². The van der Waals surface area contributed by atoms with Crippen LogP contribution in [0.4, 0.5) is 0 Å². The van der Waals surface area contributed by atoms with Gasteiger partial charge in [0, 0.05) is 19.3 Å². The SMILES string of the molecule is CC/C=C\C/C=C\C/C=C\C/C=C\C/C=C\CCCCCC(=O)OCC(COC(=O)CCCCCCCCCCC)OC(=O)CCCCCCCCCCC. The molecule has 0 radical (unpaired) electrons. The molecule has 0 aliphatic carbocycles. The van der Waals surface area contributed by atoms with Crippen LogP contribution in [0.2, 0.25) is 0 Å². The minimum absolute atomic E-state index is 0.0830. The largest absolute Gasteiger partial charge is 0.462 e. The topological polar surface area (TPSA) is 78.9 Å². The van der Waals surface area contributed by atoms with Gasteiger partial charge >= 0.3 is 17.9 Å². The van der Waals surface area contributed by atoms with E-state index in [2.05, 4.69) is 81.5 Å². The first kappa shape index (κ1) is 52.1. The van der Waals surface area contributed by atoms with Gasteiger partial charge in [0.2, 0.25) is 0 Å². The molecule has 1 atom stereocenters. The van der Waals surface area contributed by atoms with Crippen LogP contribution in [-0.2, 0) is 28.6 Å². The molecule has 55 heavy (non-hydrogen) atoms. The van der Waals surface area contributed by atoms with Crippen LogP contribution in [0.1, 0.15) is 213 Å². The first-order valence-corrected chi connectivity index (χ1v) is 22.8. The highest BCUT2D eigenvalue weighted by atomic mass is 16.6. The van der Waals surface area contributed by atoms with Crippen LogP contribution in [0.3, 0.4) is 0 Å². The maximum absolute atomic E-state index is 12.6. The molecule has 6 heteroatoms. The van der Waals surface area contributed by atoms with Gasteiger partial charge in [-0.05, 0) is 64.2 Å². The van der Waals surface area contributed by atoms with Gasteiger partial charge in [-0.15, -0.1) is 0 Å². The second-order valence-electron chi connectivity index (χ2n) is 14.9. The highest BCUT2D eigenvalue weighted by Crippen LogP contribution is 2.14. The Morgan fingerprint density at radius 1 is 0.382 bits per heavy atom. The Morgan fingerprint density at radius 3 is 1.11 bits per heavy atom. The lowest BCUT2D eigenvalue weighted by atomic mass is 10.1. The Bertz CT molecular complexity index is 1020. The van der Waals surface area contributed by atoms with E-state index in [0.29, 0.717) is 19.3 Å². The van der Waals surface area contributed by atoms with Crippen LogP contribution >= 0.6 is 0 Å². The molecule has 6 nitrogen and oxygen atoms in total. The summed E-state index contributed by atoms with van der Waals surface area (Å²) in [5.41, 5.74) is 0. The molecule has 316 valence electrons. The second-order valence-corrected chi connectivity index (χ2v) is 14.9. The number of unbranched alkanes of at least 4 members (excludes halogenated alkanes) is 19. The van der Waals surface area contributed by atoms with E-state index in [4.69, 9.17) is 14.2 Å². The van der Waals surface area contributed by atoms with Gasteiger partial charge in [-0.3, -0.25) is 14.4 Å². The molecule has 0 aliphatic rings. The number of esters is 3. The molecule has 0 aromatic heterocycles. The molecular weight excluding hydrogens is 685 g/mol. The summed E-state index contributed by atoms with van der Waals surface area (Å²) in [5, 5.41) is 0. The molecule has 0 saturated carbocycles. The van der Waals surface area contributed by atoms with E-state index in [1.807, 2.05) is 0 Å². The van der Waals surface area contributed by atoms with E-state index in [0.717, 1.165) is 96.3 Å². The lowest BCUT2D eigenvalue weighted by Gasteiger charge is -2.18. The molecule has 0 heterocycles. The summed E-state index contributed by atoms with van der Waals surface area (Å²) in [4.78, 5) is 37.6. The predicted molar refractivity (Wildman–Crippen MR) is 233 cm³/mol. The highest BCUT2D eigenvalue weighted by Gasteiger charge is 2.19. The molecule has 0 rings (SSSR count). The van der Waals surface area contributed by atoms with Gasteiger partial charge in [0.05, 0.1) is 0 Å². The summed E-state index contributed by atoms with van der Waals surface area (Å²) in [6, 6.07) is 0. The Kier molecular flexibility index (Phi) is 41.5. The van der Waals surface area contributed by atoms with Crippen LogP contribution in [0.15, 0.2) is 60.8 Å². The van der Waals surface area contributed by atoms with Crippen molar-refractivity contribution in [2.24, 2.45) is 0 Å². The first-order chi connectivity index (χ1) is 27.0. The lowest BCUT2D eigenvalue weighted by Crippen LogP contribution is -2.30. The molecule has 0 bridgehead atoms. The van der Waals surface area contributed by atoms with Gasteiger partial charge < -0.3 is 14.2 Å². The van der Waals surface area contributed by atoms with Gasteiger partial charge in [0.25, 0.3) is 0 Å². The molecule has 0 aromatic carbocycles. The summed E-state index contributed by atoms with van der Waals surface area (Å²) < 4.78 is 16.6. The van der Waals surface area contributed by atoms with Gasteiger partial charge in [-0.1, -0.05) is 191 Å². The van der Waals surface area contributed by atoms with Crippen LogP contribution in [0.5, 0.6) is 0 Å². The fourth-order valence-electron chi connectivity index (χ4n) is 6.11. The second kappa shape index (κ2) is 43.8. The van der Waals surface area contributed by atoms with Crippen molar-refractivity contribution in [1.29, 1.82) is 0 Å². The molecule has 0 aliphatic heterocycles. The Balaban J connectivity index is 4.35. The molecule has 0 saturated heterocycles. The van der Waals surface area contributed by atoms with Crippen molar-refractivity contribution in [2.45, 2.75) is 219 Å². The normalized spacial score (nSPS) is 12.6.